The van der Waals surface area contributed by atoms with E-state index in [-0.39, 0.29) is 11.9 Å². The molecule has 3 rings (SSSR count). The number of halogens is 1. The number of hydrogen-bond acceptors (Lipinski definition) is 5. The molecule has 1 atom stereocenters. The van der Waals surface area contributed by atoms with E-state index in [1.807, 2.05) is 22.8 Å². The van der Waals surface area contributed by atoms with Gasteiger partial charge in [0.2, 0.25) is 5.91 Å². The summed E-state index contributed by atoms with van der Waals surface area (Å²) in [5.74, 6) is 0.673. The van der Waals surface area contributed by atoms with Gasteiger partial charge >= 0.3 is 0 Å². The van der Waals surface area contributed by atoms with Crippen molar-refractivity contribution >= 4 is 23.2 Å². The third-order valence-electron chi connectivity index (χ3n) is 4.00. The molecule has 24 heavy (non-hydrogen) atoms. The lowest BCUT2D eigenvalue weighted by atomic mass is 10.1. The third kappa shape index (κ3) is 3.85. The lowest BCUT2D eigenvalue weighted by Crippen LogP contribution is -2.38. The molecule has 2 N–H and O–H groups in total. The summed E-state index contributed by atoms with van der Waals surface area (Å²) in [6, 6.07) is 5.32. The van der Waals surface area contributed by atoms with Crippen LogP contribution >= 0.6 is 11.6 Å². The number of ether oxygens (including phenoxy) is 1. The zero-order chi connectivity index (χ0) is 16.9. The molecule has 0 saturated heterocycles. The van der Waals surface area contributed by atoms with Crippen molar-refractivity contribution in [2.24, 2.45) is 0 Å². The highest BCUT2D eigenvalue weighted by atomic mass is 35.5. The molecule has 0 saturated carbocycles. The van der Waals surface area contributed by atoms with Crippen LogP contribution in [-0.4, -0.2) is 40.4 Å². The maximum Gasteiger partial charge on any atom is 0.243 e. The van der Waals surface area contributed by atoms with E-state index < -0.39 is 0 Å². The number of carbonyl (C=O) groups is 1. The molecule has 1 unspecified atom stereocenters. The van der Waals surface area contributed by atoms with E-state index in [9.17, 15) is 4.79 Å². The molecule has 7 nitrogen and oxygen atoms in total. The molecular weight excluding hydrogens is 330 g/mol. The average molecular weight is 350 g/mol. The Bertz CT molecular complexity index is 718. The maximum atomic E-state index is 12.4. The van der Waals surface area contributed by atoms with Gasteiger partial charge in [-0.2, -0.15) is 0 Å². The smallest absolute Gasteiger partial charge is 0.243 e. The van der Waals surface area contributed by atoms with Crippen LogP contribution in [0.4, 0.5) is 5.69 Å². The summed E-state index contributed by atoms with van der Waals surface area (Å²) < 4.78 is 6.97. The van der Waals surface area contributed by atoms with Crippen LogP contribution in [0.15, 0.2) is 24.5 Å². The first-order valence-corrected chi connectivity index (χ1v) is 8.23. The standard InChI is InChI=1S/C16H20ClN5O2/c1-24-6-2-5-22-10-19-21-15(22)9-18-16(23)14-8-11-7-12(17)3-4-13(11)20-14/h3-4,7,10,14,20H,2,5-6,8-9H2,1H3,(H,18,23). The monoisotopic (exact) mass is 349 g/mol. The molecule has 1 aliphatic rings. The van der Waals surface area contributed by atoms with E-state index in [4.69, 9.17) is 16.3 Å². The van der Waals surface area contributed by atoms with E-state index in [2.05, 4.69) is 20.8 Å². The number of methoxy groups -OCH3 is 1. The van der Waals surface area contributed by atoms with Gasteiger partial charge in [0.05, 0.1) is 6.54 Å². The maximum absolute atomic E-state index is 12.4. The molecule has 1 aromatic carbocycles. The van der Waals surface area contributed by atoms with E-state index in [1.165, 1.54) is 0 Å². The molecule has 2 heterocycles. The van der Waals surface area contributed by atoms with Crippen molar-refractivity contribution in [1.82, 2.24) is 20.1 Å². The van der Waals surface area contributed by atoms with Crippen molar-refractivity contribution in [3.05, 3.63) is 40.9 Å². The van der Waals surface area contributed by atoms with Gasteiger partial charge in [0.1, 0.15) is 12.4 Å². The van der Waals surface area contributed by atoms with Crippen LogP contribution in [0.25, 0.3) is 0 Å². The molecule has 1 aliphatic heterocycles. The first-order chi connectivity index (χ1) is 11.7. The second kappa shape index (κ2) is 7.63. The molecule has 0 aliphatic carbocycles. The van der Waals surface area contributed by atoms with Gasteiger partial charge in [-0.25, -0.2) is 0 Å². The summed E-state index contributed by atoms with van der Waals surface area (Å²) in [5, 5.41) is 14.8. The number of rotatable bonds is 7. The normalized spacial score (nSPS) is 15.8. The lowest BCUT2D eigenvalue weighted by Gasteiger charge is -2.12. The molecule has 1 aromatic heterocycles. The minimum Gasteiger partial charge on any atom is -0.385 e. The summed E-state index contributed by atoms with van der Waals surface area (Å²) >= 11 is 5.99. The number of aryl methyl sites for hydroxylation is 1. The van der Waals surface area contributed by atoms with Crippen LogP contribution in [0, 0.1) is 0 Å². The van der Waals surface area contributed by atoms with Gasteiger partial charge < -0.3 is 19.9 Å². The Morgan fingerprint density at radius 3 is 3.25 bits per heavy atom. The van der Waals surface area contributed by atoms with Crippen molar-refractivity contribution in [2.75, 3.05) is 19.0 Å². The summed E-state index contributed by atoms with van der Waals surface area (Å²) in [4.78, 5) is 12.4. The lowest BCUT2D eigenvalue weighted by molar-refractivity contribution is -0.121. The van der Waals surface area contributed by atoms with E-state index in [1.54, 1.807) is 13.4 Å². The zero-order valence-corrected chi connectivity index (χ0v) is 14.2. The van der Waals surface area contributed by atoms with E-state index >= 15 is 0 Å². The van der Waals surface area contributed by atoms with E-state index in [0.717, 1.165) is 30.0 Å². The molecule has 8 heteroatoms. The fraction of sp³-hybridized carbons (Fsp3) is 0.438. The number of amides is 1. The molecule has 0 radical (unpaired) electrons. The molecule has 0 bridgehead atoms. The number of fused-ring (bicyclic) bond motifs is 1. The number of hydrogen-bond donors (Lipinski definition) is 2. The average Bonchev–Trinajstić information content (AvgIpc) is 3.19. The summed E-state index contributed by atoms with van der Waals surface area (Å²) in [7, 11) is 1.67. The molecule has 0 fully saturated rings. The first kappa shape index (κ1) is 16.7. The highest BCUT2D eigenvalue weighted by molar-refractivity contribution is 6.30. The first-order valence-electron chi connectivity index (χ1n) is 7.85. The van der Waals surface area contributed by atoms with Gasteiger partial charge in [-0.3, -0.25) is 4.79 Å². The Morgan fingerprint density at radius 1 is 1.54 bits per heavy atom. The molecule has 2 aromatic rings. The number of benzene rings is 1. The zero-order valence-electron chi connectivity index (χ0n) is 13.5. The van der Waals surface area contributed by atoms with Crippen molar-refractivity contribution in [3.8, 4) is 0 Å². The van der Waals surface area contributed by atoms with Crippen molar-refractivity contribution in [3.63, 3.8) is 0 Å². The summed E-state index contributed by atoms with van der Waals surface area (Å²) in [6.45, 7) is 1.79. The molecule has 0 spiro atoms. The Morgan fingerprint density at radius 2 is 2.42 bits per heavy atom. The van der Waals surface area contributed by atoms with Gasteiger partial charge in [-0.15, -0.1) is 10.2 Å². The number of anilines is 1. The van der Waals surface area contributed by atoms with Crippen LogP contribution in [0.5, 0.6) is 0 Å². The molecule has 128 valence electrons. The number of nitrogens with zero attached hydrogens (tertiary/aromatic N) is 3. The van der Waals surface area contributed by atoms with Gasteiger partial charge in [-0.1, -0.05) is 11.6 Å². The number of nitrogens with one attached hydrogen (secondary N) is 2. The predicted octanol–water partition coefficient (Wildman–Crippen LogP) is 1.62. The Balaban J connectivity index is 1.53. The highest BCUT2D eigenvalue weighted by Crippen LogP contribution is 2.28. The number of carbonyl (C=O) groups excluding carboxylic acids is 1. The fourth-order valence-corrected chi connectivity index (χ4v) is 2.95. The fourth-order valence-electron chi connectivity index (χ4n) is 2.76. The van der Waals surface area contributed by atoms with Crippen LogP contribution in [0.1, 0.15) is 17.8 Å². The van der Waals surface area contributed by atoms with Crippen molar-refractivity contribution in [1.29, 1.82) is 0 Å². The second-order valence-electron chi connectivity index (χ2n) is 5.71. The predicted molar refractivity (Wildman–Crippen MR) is 90.9 cm³/mol. The quantitative estimate of drug-likeness (QED) is 0.742. The van der Waals surface area contributed by atoms with Crippen LogP contribution in [-0.2, 0) is 29.0 Å². The Kier molecular flexibility index (Phi) is 5.32. The van der Waals surface area contributed by atoms with Gasteiger partial charge in [0, 0.05) is 37.4 Å². The molecule has 1 amide bonds. The topological polar surface area (TPSA) is 81.1 Å². The SMILES string of the molecule is COCCCn1cnnc1CNC(=O)C1Cc2cc(Cl)ccc2N1. The van der Waals surface area contributed by atoms with Gasteiger partial charge in [0.15, 0.2) is 5.82 Å². The van der Waals surface area contributed by atoms with Gasteiger partial charge in [-0.05, 0) is 30.2 Å². The van der Waals surface area contributed by atoms with Gasteiger partial charge in [0.25, 0.3) is 0 Å². The Hall–Kier alpha value is -2.12. The van der Waals surface area contributed by atoms with E-state index in [0.29, 0.717) is 24.6 Å². The summed E-state index contributed by atoms with van der Waals surface area (Å²) in [6.07, 6.45) is 3.17. The second-order valence-corrected chi connectivity index (χ2v) is 6.14. The van der Waals surface area contributed by atoms with Crippen molar-refractivity contribution in [2.45, 2.75) is 32.0 Å². The van der Waals surface area contributed by atoms with Crippen LogP contribution < -0.4 is 10.6 Å². The largest absolute Gasteiger partial charge is 0.385 e. The Labute approximate surface area is 145 Å². The number of aromatic nitrogens is 3. The minimum atomic E-state index is -0.289. The minimum absolute atomic E-state index is 0.0613. The van der Waals surface area contributed by atoms with Crippen molar-refractivity contribution < 1.29 is 9.53 Å². The highest BCUT2D eigenvalue weighted by Gasteiger charge is 2.26. The molecular formula is C16H20ClN5O2. The van der Waals surface area contributed by atoms with Crippen LogP contribution in [0.2, 0.25) is 5.02 Å². The summed E-state index contributed by atoms with van der Waals surface area (Å²) in [5.41, 5.74) is 2.02. The third-order valence-corrected chi connectivity index (χ3v) is 4.24. The van der Waals surface area contributed by atoms with Crippen LogP contribution in [0.3, 0.4) is 0 Å².